The van der Waals surface area contributed by atoms with Gasteiger partial charge in [-0.2, -0.15) is 0 Å². The fourth-order valence-corrected chi connectivity index (χ4v) is 4.90. The van der Waals surface area contributed by atoms with Crippen LogP contribution in [-0.4, -0.2) is 41.6 Å². The first-order valence-electron chi connectivity index (χ1n) is 10.6. The number of benzene rings is 1. The molecular weight excluding hydrogens is 357 g/mol. The summed E-state index contributed by atoms with van der Waals surface area (Å²) in [6, 6.07) is 5.08. The van der Waals surface area contributed by atoms with Crippen LogP contribution >= 0.6 is 0 Å². The molecule has 1 aromatic carbocycles. The lowest BCUT2D eigenvalue weighted by atomic mass is 9.83. The van der Waals surface area contributed by atoms with Gasteiger partial charge in [0.2, 0.25) is 5.91 Å². The van der Waals surface area contributed by atoms with Crippen LogP contribution in [0.15, 0.2) is 22.7 Å². The summed E-state index contributed by atoms with van der Waals surface area (Å²) in [5.74, 6) is 1.00. The van der Waals surface area contributed by atoms with Crippen LogP contribution < -0.4 is 5.32 Å². The van der Waals surface area contributed by atoms with E-state index >= 15 is 0 Å². The second-order valence-corrected chi connectivity index (χ2v) is 8.53. The first-order chi connectivity index (χ1) is 13.6. The quantitative estimate of drug-likeness (QED) is 0.834. The fraction of sp³-hybridized carbons (Fsp3) is 0.636. The molecule has 2 aromatic rings. The van der Waals surface area contributed by atoms with Crippen molar-refractivity contribution in [3.63, 3.8) is 0 Å². The molecule has 2 fully saturated rings. The van der Waals surface area contributed by atoms with Gasteiger partial charge in [0.05, 0.1) is 5.69 Å². The summed E-state index contributed by atoms with van der Waals surface area (Å²) in [6.07, 6.45) is 8.09. The molecule has 0 atom stereocenters. The van der Waals surface area contributed by atoms with Gasteiger partial charge in [-0.25, -0.2) is 4.39 Å². The van der Waals surface area contributed by atoms with Gasteiger partial charge < -0.3 is 14.7 Å². The number of carbonyl (C=O) groups is 1. The molecule has 1 amide bonds. The molecule has 1 aliphatic carbocycles. The van der Waals surface area contributed by atoms with Gasteiger partial charge in [0, 0.05) is 30.3 Å². The van der Waals surface area contributed by atoms with Crippen LogP contribution in [0, 0.1) is 11.7 Å². The Morgan fingerprint density at radius 3 is 2.68 bits per heavy atom. The van der Waals surface area contributed by atoms with Crippen molar-refractivity contribution in [3.05, 3.63) is 29.7 Å². The van der Waals surface area contributed by atoms with Crippen molar-refractivity contribution in [1.82, 2.24) is 15.4 Å². The van der Waals surface area contributed by atoms with Gasteiger partial charge in [0.1, 0.15) is 5.82 Å². The number of amides is 1. The standard InChI is InChI=1S/C22H30FN3O2/c1-15(27)24-19-5-2-16(3-6-19)8-11-26-12-9-17(10-13-26)22-20-7-4-18(23)14-21(20)28-25-22/h4,7,14,16-17,19H,2-3,5-6,8-13H2,1H3,(H,24,27)/t16-,19-. The summed E-state index contributed by atoms with van der Waals surface area (Å²) in [5.41, 5.74) is 1.54. The van der Waals surface area contributed by atoms with Crippen molar-refractivity contribution < 1.29 is 13.7 Å². The molecule has 1 saturated heterocycles. The van der Waals surface area contributed by atoms with Gasteiger partial charge >= 0.3 is 0 Å². The van der Waals surface area contributed by atoms with Crippen molar-refractivity contribution >= 4 is 16.9 Å². The number of piperidine rings is 1. The van der Waals surface area contributed by atoms with E-state index in [1.165, 1.54) is 31.4 Å². The maximum atomic E-state index is 13.3. The molecule has 2 heterocycles. The van der Waals surface area contributed by atoms with Gasteiger partial charge in [-0.3, -0.25) is 4.79 Å². The van der Waals surface area contributed by atoms with Gasteiger partial charge in [-0.1, -0.05) is 5.16 Å². The Morgan fingerprint density at radius 1 is 1.21 bits per heavy atom. The maximum absolute atomic E-state index is 13.3. The monoisotopic (exact) mass is 387 g/mol. The Hall–Kier alpha value is -1.95. The van der Waals surface area contributed by atoms with Crippen molar-refractivity contribution in [1.29, 1.82) is 0 Å². The molecule has 1 N–H and O–H groups in total. The lowest BCUT2D eigenvalue weighted by Crippen LogP contribution is -2.37. The number of fused-ring (bicyclic) bond motifs is 1. The maximum Gasteiger partial charge on any atom is 0.217 e. The summed E-state index contributed by atoms with van der Waals surface area (Å²) in [6.45, 7) is 4.94. The van der Waals surface area contributed by atoms with E-state index in [0.29, 0.717) is 17.5 Å². The Balaban J connectivity index is 1.22. The van der Waals surface area contributed by atoms with E-state index in [4.69, 9.17) is 4.52 Å². The SMILES string of the molecule is CC(=O)N[C@H]1CC[C@H](CCN2CCC(c3noc4cc(F)ccc34)CC2)CC1. The molecule has 0 unspecified atom stereocenters. The number of hydrogen-bond donors (Lipinski definition) is 1. The molecule has 152 valence electrons. The minimum Gasteiger partial charge on any atom is -0.356 e. The summed E-state index contributed by atoms with van der Waals surface area (Å²) in [7, 11) is 0. The molecule has 6 heteroatoms. The van der Waals surface area contributed by atoms with E-state index < -0.39 is 0 Å². The molecule has 5 nitrogen and oxygen atoms in total. The number of nitrogens with one attached hydrogen (secondary N) is 1. The molecule has 0 bridgehead atoms. The van der Waals surface area contributed by atoms with E-state index in [9.17, 15) is 9.18 Å². The van der Waals surface area contributed by atoms with Crippen molar-refractivity contribution in [2.24, 2.45) is 5.92 Å². The second-order valence-electron chi connectivity index (χ2n) is 8.53. The molecule has 2 aliphatic rings. The zero-order valence-corrected chi connectivity index (χ0v) is 16.6. The van der Waals surface area contributed by atoms with E-state index in [1.807, 2.05) is 0 Å². The molecule has 0 radical (unpaired) electrons. The smallest absolute Gasteiger partial charge is 0.217 e. The van der Waals surface area contributed by atoms with Crippen LogP contribution in [0.1, 0.15) is 63.5 Å². The lowest BCUT2D eigenvalue weighted by Gasteiger charge is -2.34. The minimum absolute atomic E-state index is 0.0938. The molecule has 1 aliphatic heterocycles. The van der Waals surface area contributed by atoms with E-state index in [2.05, 4.69) is 15.4 Å². The third-order valence-corrected chi connectivity index (χ3v) is 6.54. The van der Waals surface area contributed by atoms with Gasteiger partial charge in [-0.05, 0) is 82.6 Å². The highest BCUT2D eigenvalue weighted by Gasteiger charge is 2.26. The minimum atomic E-state index is -0.281. The van der Waals surface area contributed by atoms with Crippen molar-refractivity contribution in [3.8, 4) is 0 Å². The zero-order valence-electron chi connectivity index (χ0n) is 16.6. The number of halogens is 1. The van der Waals surface area contributed by atoms with Gasteiger partial charge in [0.25, 0.3) is 0 Å². The molecule has 1 saturated carbocycles. The number of likely N-dealkylation sites (tertiary alicyclic amines) is 1. The third kappa shape index (κ3) is 4.54. The summed E-state index contributed by atoms with van der Waals surface area (Å²) >= 11 is 0. The molecular formula is C22H30FN3O2. The molecule has 4 rings (SSSR count). The average Bonchev–Trinajstić information content (AvgIpc) is 3.10. The second kappa shape index (κ2) is 8.60. The Labute approximate surface area is 165 Å². The van der Waals surface area contributed by atoms with E-state index in [-0.39, 0.29) is 11.7 Å². The summed E-state index contributed by atoms with van der Waals surface area (Å²) in [5, 5.41) is 8.25. The number of aromatic nitrogens is 1. The van der Waals surface area contributed by atoms with Crippen molar-refractivity contribution in [2.45, 2.75) is 63.8 Å². The number of nitrogens with zero attached hydrogens (tertiary/aromatic N) is 2. The highest BCUT2D eigenvalue weighted by Crippen LogP contribution is 2.33. The van der Waals surface area contributed by atoms with Gasteiger partial charge in [-0.15, -0.1) is 0 Å². The topological polar surface area (TPSA) is 58.4 Å². The Bertz CT molecular complexity index is 805. The summed E-state index contributed by atoms with van der Waals surface area (Å²) in [4.78, 5) is 13.7. The zero-order chi connectivity index (χ0) is 19.5. The predicted molar refractivity (Wildman–Crippen MR) is 107 cm³/mol. The van der Waals surface area contributed by atoms with Crippen LogP contribution in [0.3, 0.4) is 0 Å². The normalized spacial score (nSPS) is 24.5. The first kappa shape index (κ1) is 19.4. The third-order valence-electron chi connectivity index (χ3n) is 6.54. The largest absolute Gasteiger partial charge is 0.356 e. The number of hydrogen-bond acceptors (Lipinski definition) is 4. The first-order valence-corrected chi connectivity index (χ1v) is 10.6. The molecule has 0 spiro atoms. The lowest BCUT2D eigenvalue weighted by molar-refractivity contribution is -0.119. The van der Waals surface area contributed by atoms with Crippen LogP contribution in [0.25, 0.3) is 11.0 Å². The Kier molecular flexibility index (Phi) is 5.95. The van der Waals surface area contributed by atoms with Crippen LogP contribution in [-0.2, 0) is 4.79 Å². The van der Waals surface area contributed by atoms with Crippen molar-refractivity contribution in [2.75, 3.05) is 19.6 Å². The molecule has 28 heavy (non-hydrogen) atoms. The number of carbonyl (C=O) groups excluding carboxylic acids is 1. The van der Waals surface area contributed by atoms with Gasteiger partial charge in [0.15, 0.2) is 5.58 Å². The Morgan fingerprint density at radius 2 is 1.96 bits per heavy atom. The van der Waals surface area contributed by atoms with Crippen LogP contribution in [0.2, 0.25) is 0 Å². The van der Waals surface area contributed by atoms with E-state index in [0.717, 1.165) is 62.3 Å². The van der Waals surface area contributed by atoms with Crippen LogP contribution in [0.5, 0.6) is 0 Å². The predicted octanol–water partition coefficient (Wildman–Crippen LogP) is 4.23. The van der Waals surface area contributed by atoms with E-state index in [1.54, 1.807) is 13.0 Å². The highest BCUT2D eigenvalue weighted by molar-refractivity contribution is 5.79. The highest BCUT2D eigenvalue weighted by atomic mass is 19.1. The molecule has 1 aromatic heterocycles. The summed E-state index contributed by atoms with van der Waals surface area (Å²) < 4.78 is 18.7. The van der Waals surface area contributed by atoms with Crippen LogP contribution in [0.4, 0.5) is 4.39 Å². The fourth-order valence-electron chi connectivity index (χ4n) is 4.90. The average molecular weight is 387 g/mol. The number of rotatable bonds is 5.